The Morgan fingerprint density at radius 3 is 2.63 bits per heavy atom. The van der Waals surface area contributed by atoms with Crippen LogP contribution in [0.3, 0.4) is 0 Å². The number of rotatable bonds is 7. The standard InChI is InChI=1S/C22H21ClN4O2S/c23-17-5-3-4-15(12-17)14-29-21-19(13-25-22(26-21)27-10-1-2-11-27)30-18-8-6-16(7-9-18)20(24)28/h3-9,12-13H,1-2,10-11,14H2,(H2,24,28). The predicted octanol–water partition coefficient (Wildman–Crippen LogP) is 4.56. The minimum atomic E-state index is -0.449. The summed E-state index contributed by atoms with van der Waals surface area (Å²) in [6.45, 7) is 2.26. The summed E-state index contributed by atoms with van der Waals surface area (Å²) in [6.07, 6.45) is 4.08. The van der Waals surface area contributed by atoms with Gasteiger partial charge in [-0.3, -0.25) is 4.79 Å². The lowest BCUT2D eigenvalue weighted by atomic mass is 10.2. The van der Waals surface area contributed by atoms with Gasteiger partial charge in [0.15, 0.2) is 0 Å². The lowest BCUT2D eigenvalue weighted by Crippen LogP contribution is -2.20. The van der Waals surface area contributed by atoms with Crippen LogP contribution in [0.2, 0.25) is 5.02 Å². The third kappa shape index (κ3) is 5.04. The molecule has 4 rings (SSSR count). The summed E-state index contributed by atoms with van der Waals surface area (Å²) in [4.78, 5) is 24.4. The van der Waals surface area contributed by atoms with Gasteiger partial charge in [0.2, 0.25) is 17.7 Å². The van der Waals surface area contributed by atoms with Gasteiger partial charge >= 0.3 is 0 Å². The van der Waals surface area contributed by atoms with E-state index in [2.05, 4.69) is 9.88 Å². The number of carbonyl (C=O) groups is 1. The zero-order valence-corrected chi connectivity index (χ0v) is 17.8. The molecular weight excluding hydrogens is 420 g/mol. The number of amides is 1. The monoisotopic (exact) mass is 440 g/mol. The van der Waals surface area contributed by atoms with Crippen LogP contribution in [-0.4, -0.2) is 29.0 Å². The van der Waals surface area contributed by atoms with Gasteiger partial charge in [-0.2, -0.15) is 4.98 Å². The normalized spacial score (nSPS) is 13.4. The zero-order valence-electron chi connectivity index (χ0n) is 16.3. The number of hydrogen-bond donors (Lipinski definition) is 1. The average molecular weight is 441 g/mol. The number of nitrogens with two attached hydrogens (primary N) is 1. The van der Waals surface area contributed by atoms with Crippen molar-refractivity contribution in [3.63, 3.8) is 0 Å². The van der Waals surface area contributed by atoms with Gasteiger partial charge in [-0.25, -0.2) is 4.98 Å². The van der Waals surface area contributed by atoms with Crippen LogP contribution in [-0.2, 0) is 6.61 Å². The molecular formula is C22H21ClN4O2S. The van der Waals surface area contributed by atoms with Crippen LogP contribution in [0.15, 0.2) is 64.5 Å². The van der Waals surface area contributed by atoms with Crippen molar-refractivity contribution >= 4 is 35.2 Å². The molecule has 2 N–H and O–H groups in total. The minimum absolute atomic E-state index is 0.352. The molecule has 2 heterocycles. The van der Waals surface area contributed by atoms with Gasteiger partial charge in [-0.1, -0.05) is 35.5 Å². The van der Waals surface area contributed by atoms with Crippen molar-refractivity contribution in [3.8, 4) is 5.88 Å². The molecule has 1 aliphatic rings. The maximum atomic E-state index is 11.3. The molecule has 0 saturated carbocycles. The fraction of sp³-hybridized carbons (Fsp3) is 0.227. The molecule has 1 saturated heterocycles. The van der Waals surface area contributed by atoms with E-state index in [1.54, 1.807) is 18.3 Å². The topological polar surface area (TPSA) is 81.3 Å². The largest absolute Gasteiger partial charge is 0.472 e. The van der Waals surface area contributed by atoms with Crippen molar-refractivity contribution in [1.82, 2.24) is 9.97 Å². The highest BCUT2D eigenvalue weighted by Crippen LogP contribution is 2.35. The third-order valence-corrected chi connectivity index (χ3v) is 5.97. The summed E-state index contributed by atoms with van der Waals surface area (Å²) in [5.41, 5.74) is 6.76. The second-order valence-corrected chi connectivity index (χ2v) is 8.49. The molecule has 1 aromatic heterocycles. The number of benzene rings is 2. The molecule has 1 aliphatic heterocycles. The molecule has 8 heteroatoms. The Morgan fingerprint density at radius 2 is 1.93 bits per heavy atom. The summed E-state index contributed by atoms with van der Waals surface area (Å²) >= 11 is 7.56. The number of aromatic nitrogens is 2. The molecule has 1 amide bonds. The van der Waals surface area contributed by atoms with Crippen LogP contribution in [0.25, 0.3) is 0 Å². The Hall–Kier alpha value is -2.77. The van der Waals surface area contributed by atoms with Crippen LogP contribution in [0, 0.1) is 0 Å². The van der Waals surface area contributed by atoms with Crippen molar-refractivity contribution in [2.75, 3.05) is 18.0 Å². The summed E-state index contributed by atoms with van der Waals surface area (Å²) in [7, 11) is 0. The van der Waals surface area contributed by atoms with E-state index in [9.17, 15) is 4.79 Å². The molecule has 0 spiro atoms. The van der Waals surface area contributed by atoms with Crippen molar-refractivity contribution < 1.29 is 9.53 Å². The number of carbonyl (C=O) groups excluding carboxylic acids is 1. The Bertz CT molecular complexity index is 1040. The molecule has 2 aromatic carbocycles. The molecule has 0 radical (unpaired) electrons. The molecule has 1 fully saturated rings. The quantitative estimate of drug-likeness (QED) is 0.580. The number of anilines is 1. The molecule has 0 bridgehead atoms. The minimum Gasteiger partial charge on any atom is -0.472 e. The summed E-state index contributed by atoms with van der Waals surface area (Å²) in [6, 6.07) is 14.7. The van der Waals surface area contributed by atoms with Gasteiger partial charge in [0, 0.05) is 28.6 Å². The predicted molar refractivity (Wildman–Crippen MR) is 118 cm³/mol. The van der Waals surface area contributed by atoms with Gasteiger partial charge in [-0.15, -0.1) is 0 Å². The van der Waals surface area contributed by atoms with Gasteiger partial charge in [0.1, 0.15) is 6.61 Å². The van der Waals surface area contributed by atoms with Crippen molar-refractivity contribution in [1.29, 1.82) is 0 Å². The molecule has 3 aromatic rings. The molecule has 6 nitrogen and oxygen atoms in total. The van der Waals surface area contributed by atoms with Gasteiger partial charge in [0.05, 0.1) is 11.1 Å². The number of nitrogens with zero attached hydrogens (tertiary/aromatic N) is 3. The van der Waals surface area contributed by atoms with E-state index < -0.39 is 5.91 Å². The fourth-order valence-electron chi connectivity index (χ4n) is 3.18. The Balaban J connectivity index is 1.58. The molecule has 0 aliphatic carbocycles. The fourth-order valence-corrected chi connectivity index (χ4v) is 4.22. The first-order valence-electron chi connectivity index (χ1n) is 9.65. The second kappa shape index (κ2) is 9.36. The van der Waals surface area contributed by atoms with E-state index in [0.717, 1.165) is 41.3 Å². The van der Waals surface area contributed by atoms with E-state index >= 15 is 0 Å². The lowest BCUT2D eigenvalue weighted by Gasteiger charge is -2.17. The first-order valence-corrected chi connectivity index (χ1v) is 10.8. The number of primary amides is 1. The Labute approximate surface area is 184 Å². The van der Waals surface area contributed by atoms with E-state index in [1.807, 2.05) is 36.4 Å². The maximum absolute atomic E-state index is 11.3. The van der Waals surface area contributed by atoms with Crippen molar-refractivity contribution in [2.45, 2.75) is 29.2 Å². The SMILES string of the molecule is NC(=O)c1ccc(Sc2cnc(N3CCCC3)nc2OCc2cccc(Cl)c2)cc1. The van der Waals surface area contributed by atoms with Gasteiger partial charge < -0.3 is 15.4 Å². The van der Waals surface area contributed by atoms with E-state index in [1.165, 1.54) is 11.8 Å². The zero-order chi connectivity index (χ0) is 20.9. The number of hydrogen-bond acceptors (Lipinski definition) is 6. The summed E-state index contributed by atoms with van der Waals surface area (Å²) in [5, 5.41) is 0.667. The van der Waals surface area contributed by atoms with Gasteiger partial charge in [0.25, 0.3) is 0 Å². The third-order valence-electron chi connectivity index (χ3n) is 4.73. The average Bonchev–Trinajstić information content (AvgIpc) is 3.28. The van der Waals surface area contributed by atoms with E-state index in [-0.39, 0.29) is 0 Å². The first-order chi connectivity index (χ1) is 14.6. The number of halogens is 1. The first kappa shape index (κ1) is 20.5. The van der Waals surface area contributed by atoms with Crippen molar-refractivity contribution in [2.24, 2.45) is 5.73 Å². The van der Waals surface area contributed by atoms with E-state index in [0.29, 0.717) is 29.0 Å². The van der Waals surface area contributed by atoms with Crippen LogP contribution in [0.5, 0.6) is 5.88 Å². The molecule has 30 heavy (non-hydrogen) atoms. The molecule has 0 unspecified atom stereocenters. The van der Waals surface area contributed by atoms with Crippen molar-refractivity contribution in [3.05, 3.63) is 70.9 Å². The van der Waals surface area contributed by atoms with Crippen LogP contribution in [0.1, 0.15) is 28.8 Å². The molecule has 0 atom stereocenters. The summed E-state index contributed by atoms with van der Waals surface area (Å²) < 4.78 is 6.08. The van der Waals surface area contributed by atoms with Crippen LogP contribution >= 0.6 is 23.4 Å². The van der Waals surface area contributed by atoms with Gasteiger partial charge in [-0.05, 0) is 54.8 Å². The lowest BCUT2D eigenvalue weighted by molar-refractivity contribution is 0.1000. The highest BCUT2D eigenvalue weighted by atomic mass is 35.5. The smallest absolute Gasteiger partial charge is 0.248 e. The molecule has 154 valence electrons. The summed E-state index contributed by atoms with van der Waals surface area (Å²) in [5.74, 6) is 0.758. The Kier molecular flexibility index (Phi) is 6.40. The highest BCUT2D eigenvalue weighted by Gasteiger charge is 2.18. The Morgan fingerprint density at radius 1 is 1.17 bits per heavy atom. The second-order valence-electron chi connectivity index (χ2n) is 6.94. The van der Waals surface area contributed by atoms with E-state index in [4.69, 9.17) is 27.1 Å². The van der Waals surface area contributed by atoms with Crippen LogP contribution in [0.4, 0.5) is 5.95 Å². The van der Waals surface area contributed by atoms with Crippen LogP contribution < -0.4 is 15.4 Å². The number of ether oxygens (including phenoxy) is 1. The highest BCUT2D eigenvalue weighted by molar-refractivity contribution is 7.99. The maximum Gasteiger partial charge on any atom is 0.248 e.